The first-order valence-corrected chi connectivity index (χ1v) is 10.0. The minimum Gasteiger partial charge on any atom is -0.466 e. The third kappa shape index (κ3) is 4.00. The highest BCUT2D eigenvalue weighted by atomic mass is 19.1. The molecular formula is C24H20F3NO5. The van der Waals surface area contributed by atoms with Gasteiger partial charge in [0.15, 0.2) is 0 Å². The fourth-order valence-electron chi connectivity index (χ4n) is 4.27. The number of carbonyl (C=O) groups excluding carboxylic acids is 2. The number of anilines is 1. The summed E-state index contributed by atoms with van der Waals surface area (Å²) >= 11 is 0. The standard InChI is InChI=1S/C24H20F3NO5/c1-31-22(29)20-18-7-8-24(33-18,21(20)23(30)32-2)19(9-13-5-3-4-6-17(13)27)28-16-11-14(25)10-15(26)12-16/h3-8,10-12,18-19,28H,9H2,1-2H3. The van der Waals surface area contributed by atoms with Crippen LogP contribution in [0.25, 0.3) is 0 Å². The summed E-state index contributed by atoms with van der Waals surface area (Å²) in [6, 6.07) is 7.83. The van der Waals surface area contributed by atoms with Crippen LogP contribution in [0.15, 0.2) is 65.8 Å². The Morgan fingerprint density at radius 1 is 1.06 bits per heavy atom. The summed E-state index contributed by atoms with van der Waals surface area (Å²) in [6.45, 7) is 0. The molecule has 3 unspecified atom stereocenters. The third-order valence-electron chi connectivity index (χ3n) is 5.68. The molecule has 0 spiro atoms. The van der Waals surface area contributed by atoms with Gasteiger partial charge in [0.25, 0.3) is 0 Å². The summed E-state index contributed by atoms with van der Waals surface area (Å²) in [6.07, 6.45) is 2.17. The molecule has 0 radical (unpaired) electrons. The van der Waals surface area contributed by atoms with Crippen LogP contribution in [-0.4, -0.2) is 43.9 Å². The first-order chi connectivity index (χ1) is 15.8. The Balaban J connectivity index is 1.85. The van der Waals surface area contributed by atoms with E-state index in [4.69, 9.17) is 14.2 Å². The Kier molecular flexibility index (Phi) is 5.99. The molecular weight excluding hydrogens is 439 g/mol. The van der Waals surface area contributed by atoms with Crippen molar-refractivity contribution in [3.05, 3.63) is 88.8 Å². The molecule has 0 aromatic heterocycles. The largest absolute Gasteiger partial charge is 0.466 e. The average molecular weight is 459 g/mol. The second-order valence-electron chi connectivity index (χ2n) is 7.61. The number of halogens is 3. The van der Waals surface area contributed by atoms with Gasteiger partial charge in [-0.15, -0.1) is 0 Å². The van der Waals surface area contributed by atoms with E-state index in [0.717, 1.165) is 26.4 Å². The minimum atomic E-state index is -1.59. The molecule has 2 aliphatic rings. The van der Waals surface area contributed by atoms with Gasteiger partial charge in [-0.2, -0.15) is 0 Å². The molecule has 33 heavy (non-hydrogen) atoms. The van der Waals surface area contributed by atoms with Crippen molar-refractivity contribution in [2.24, 2.45) is 0 Å². The van der Waals surface area contributed by atoms with Crippen molar-refractivity contribution >= 4 is 17.6 Å². The maximum atomic E-state index is 14.5. The molecule has 2 aromatic rings. The SMILES string of the molecule is COC(=O)C1=C(C(=O)OC)C2(C(Cc3ccccc3F)Nc3cc(F)cc(F)c3)C=CC1O2. The second-order valence-corrected chi connectivity index (χ2v) is 7.61. The highest BCUT2D eigenvalue weighted by Crippen LogP contribution is 2.47. The Morgan fingerprint density at radius 2 is 1.73 bits per heavy atom. The van der Waals surface area contributed by atoms with E-state index in [1.165, 1.54) is 12.1 Å². The van der Waals surface area contributed by atoms with E-state index in [2.05, 4.69) is 5.32 Å². The first kappa shape index (κ1) is 22.6. The normalized spacial score (nSPS) is 21.8. The van der Waals surface area contributed by atoms with E-state index in [-0.39, 0.29) is 28.8 Å². The quantitative estimate of drug-likeness (QED) is 0.505. The van der Waals surface area contributed by atoms with Gasteiger partial charge in [0.2, 0.25) is 0 Å². The van der Waals surface area contributed by atoms with Gasteiger partial charge < -0.3 is 19.5 Å². The summed E-state index contributed by atoms with van der Waals surface area (Å²) in [4.78, 5) is 25.3. The van der Waals surface area contributed by atoms with Crippen LogP contribution < -0.4 is 5.32 Å². The highest BCUT2D eigenvalue weighted by Gasteiger charge is 2.58. The predicted molar refractivity (Wildman–Crippen MR) is 112 cm³/mol. The van der Waals surface area contributed by atoms with Crippen LogP contribution >= 0.6 is 0 Å². The zero-order valence-corrected chi connectivity index (χ0v) is 17.7. The van der Waals surface area contributed by atoms with Crippen molar-refractivity contribution in [2.75, 3.05) is 19.5 Å². The molecule has 0 aliphatic carbocycles. The number of fused-ring (bicyclic) bond motifs is 2. The number of esters is 2. The monoisotopic (exact) mass is 459 g/mol. The number of hydrogen-bond donors (Lipinski definition) is 1. The number of nitrogens with one attached hydrogen (secondary N) is 1. The van der Waals surface area contributed by atoms with Gasteiger partial charge in [0.1, 0.15) is 29.2 Å². The lowest BCUT2D eigenvalue weighted by molar-refractivity contribution is -0.139. The average Bonchev–Trinajstić information content (AvgIpc) is 3.36. The molecule has 0 fully saturated rings. The number of hydrogen-bond acceptors (Lipinski definition) is 6. The van der Waals surface area contributed by atoms with E-state index in [1.54, 1.807) is 24.3 Å². The minimum absolute atomic E-state index is 0.0411. The van der Waals surface area contributed by atoms with Crippen molar-refractivity contribution in [2.45, 2.75) is 24.2 Å². The van der Waals surface area contributed by atoms with Gasteiger partial charge in [0.05, 0.1) is 31.4 Å². The Labute approximate surface area is 187 Å². The fourth-order valence-corrected chi connectivity index (χ4v) is 4.27. The van der Waals surface area contributed by atoms with E-state index < -0.39 is 47.1 Å². The number of benzene rings is 2. The van der Waals surface area contributed by atoms with Crippen LogP contribution in [0.5, 0.6) is 0 Å². The van der Waals surface area contributed by atoms with Crippen molar-refractivity contribution < 1.29 is 37.0 Å². The molecule has 4 rings (SSSR count). The summed E-state index contributed by atoms with van der Waals surface area (Å²) in [5, 5.41) is 2.97. The molecule has 6 nitrogen and oxygen atoms in total. The van der Waals surface area contributed by atoms with E-state index >= 15 is 0 Å². The number of methoxy groups -OCH3 is 2. The molecule has 2 aliphatic heterocycles. The van der Waals surface area contributed by atoms with Crippen LogP contribution in [0.3, 0.4) is 0 Å². The molecule has 2 heterocycles. The van der Waals surface area contributed by atoms with Crippen molar-refractivity contribution in [1.82, 2.24) is 0 Å². The first-order valence-electron chi connectivity index (χ1n) is 10.0. The van der Waals surface area contributed by atoms with Crippen molar-refractivity contribution in [3.63, 3.8) is 0 Å². The fraction of sp³-hybridized carbons (Fsp3) is 0.250. The van der Waals surface area contributed by atoms with Crippen LogP contribution in [0.1, 0.15) is 5.56 Å². The maximum absolute atomic E-state index is 14.5. The van der Waals surface area contributed by atoms with Gasteiger partial charge in [-0.25, -0.2) is 22.8 Å². The van der Waals surface area contributed by atoms with Gasteiger partial charge in [-0.05, 0) is 36.3 Å². The molecule has 172 valence electrons. The van der Waals surface area contributed by atoms with Crippen molar-refractivity contribution in [3.8, 4) is 0 Å². The van der Waals surface area contributed by atoms with Gasteiger partial charge in [-0.3, -0.25) is 0 Å². The molecule has 9 heteroatoms. The van der Waals surface area contributed by atoms with Crippen LogP contribution in [0.4, 0.5) is 18.9 Å². The third-order valence-corrected chi connectivity index (χ3v) is 5.68. The molecule has 1 N–H and O–H groups in total. The zero-order chi connectivity index (χ0) is 23.8. The molecule has 0 amide bonds. The van der Waals surface area contributed by atoms with Crippen LogP contribution in [0, 0.1) is 17.5 Å². The molecule has 0 saturated heterocycles. The number of rotatable bonds is 7. The predicted octanol–water partition coefficient (Wildman–Crippen LogP) is 3.48. The smallest absolute Gasteiger partial charge is 0.337 e. The lowest BCUT2D eigenvalue weighted by atomic mass is 9.79. The van der Waals surface area contributed by atoms with Crippen LogP contribution in [-0.2, 0) is 30.2 Å². The summed E-state index contributed by atoms with van der Waals surface area (Å²) in [7, 11) is 2.31. The molecule has 3 atom stereocenters. The van der Waals surface area contributed by atoms with Crippen molar-refractivity contribution in [1.29, 1.82) is 0 Å². The Bertz CT molecular complexity index is 1160. The highest BCUT2D eigenvalue weighted by molar-refractivity contribution is 6.05. The molecule has 2 bridgehead atoms. The molecule has 2 aromatic carbocycles. The second kappa shape index (κ2) is 8.74. The van der Waals surface area contributed by atoms with Crippen LogP contribution in [0.2, 0.25) is 0 Å². The topological polar surface area (TPSA) is 73.9 Å². The number of carbonyl (C=O) groups is 2. The van der Waals surface area contributed by atoms with Gasteiger partial charge in [-0.1, -0.05) is 24.3 Å². The van der Waals surface area contributed by atoms with Gasteiger partial charge >= 0.3 is 11.9 Å². The number of ether oxygens (including phenoxy) is 3. The lowest BCUT2D eigenvalue weighted by Gasteiger charge is -2.36. The van der Waals surface area contributed by atoms with E-state index in [1.807, 2.05) is 0 Å². The lowest BCUT2D eigenvalue weighted by Crippen LogP contribution is -2.49. The Hall–Kier alpha value is -3.59. The maximum Gasteiger partial charge on any atom is 0.337 e. The van der Waals surface area contributed by atoms with Gasteiger partial charge in [0, 0.05) is 11.8 Å². The summed E-state index contributed by atoms with van der Waals surface area (Å²) < 4.78 is 58.1. The van der Waals surface area contributed by atoms with E-state index in [9.17, 15) is 22.8 Å². The molecule has 0 saturated carbocycles. The zero-order valence-electron chi connectivity index (χ0n) is 17.7. The Morgan fingerprint density at radius 3 is 2.36 bits per heavy atom. The summed E-state index contributed by atoms with van der Waals surface area (Å²) in [5.41, 5.74) is -1.45. The summed E-state index contributed by atoms with van der Waals surface area (Å²) in [5.74, 6) is -3.79. The van der Waals surface area contributed by atoms with E-state index in [0.29, 0.717) is 6.07 Å².